The Morgan fingerprint density at radius 3 is 2.26 bits per heavy atom. The van der Waals surface area contributed by atoms with Crippen molar-refractivity contribution in [3.8, 4) is 0 Å². The van der Waals surface area contributed by atoms with E-state index in [0.29, 0.717) is 19.3 Å². The second-order valence-electron chi connectivity index (χ2n) is 14.7. The van der Waals surface area contributed by atoms with Crippen LogP contribution in [0.2, 0.25) is 0 Å². The summed E-state index contributed by atoms with van der Waals surface area (Å²) < 4.78 is 11.2. The summed E-state index contributed by atoms with van der Waals surface area (Å²) in [5.41, 5.74) is -1.46. The fraction of sp³-hybridized carbons (Fsp3) is 0.719. The maximum atomic E-state index is 14.2. The highest BCUT2D eigenvalue weighted by Crippen LogP contribution is 2.74. The lowest BCUT2D eigenvalue weighted by Gasteiger charge is -2.68. The third kappa shape index (κ3) is 3.36. The van der Waals surface area contributed by atoms with E-state index in [1.165, 1.54) is 0 Å². The van der Waals surface area contributed by atoms with Gasteiger partial charge in [0, 0.05) is 16.7 Å². The average molecular weight is 524 g/mol. The first kappa shape index (κ1) is 25.7. The number of Topliss-reactive ketones (excluding diaryl/α,β-unsaturated/α-hetero) is 1. The van der Waals surface area contributed by atoms with Crippen molar-refractivity contribution in [2.75, 3.05) is 0 Å². The van der Waals surface area contributed by atoms with Crippen LogP contribution in [0.1, 0.15) is 96.2 Å². The summed E-state index contributed by atoms with van der Waals surface area (Å²) in [4.78, 5) is 52.6. The Bertz CT molecular complexity index is 1290. The number of hydrogen-bond acceptors (Lipinski definition) is 4. The summed E-state index contributed by atoms with van der Waals surface area (Å²) >= 11 is 0. The lowest BCUT2D eigenvalue weighted by molar-refractivity contribution is -0.188. The quantitative estimate of drug-likeness (QED) is 0.398. The van der Waals surface area contributed by atoms with Gasteiger partial charge in [0.25, 0.3) is 0 Å². The summed E-state index contributed by atoms with van der Waals surface area (Å²) in [7, 11) is 0. The number of carbonyl (C=O) groups is 4. The molecule has 0 heterocycles. The average Bonchev–Trinajstić information content (AvgIpc) is 2.82. The Kier molecular flexibility index (Phi) is 5.73. The molecule has 5 aliphatic rings. The van der Waals surface area contributed by atoms with Gasteiger partial charge in [0.05, 0.1) is 12.0 Å². The van der Waals surface area contributed by atoms with E-state index in [1.54, 1.807) is 0 Å². The first-order valence-corrected chi connectivity index (χ1v) is 13.9. The zero-order chi connectivity index (χ0) is 30.3. The molecule has 0 amide bonds. The van der Waals surface area contributed by atoms with Gasteiger partial charge in [0.15, 0.2) is 11.6 Å². The largest absolute Gasteiger partial charge is 0.481 e. The minimum absolute atomic E-state index is 0.0116. The first-order chi connectivity index (χ1) is 18.2. The lowest BCUT2D eigenvalue weighted by Crippen LogP contribution is -2.65. The topological polar surface area (TPSA) is 92.9 Å². The molecule has 5 rings (SSSR count). The number of allylic oxidation sites excluding steroid dienone is 4. The van der Waals surface area contributed by atoms with Crippen molar-refractivity contribution in [2.24, 2.45) is 50.2 Å². The molecule has 3 saturated carbocycles. The summed E-state index contributed by atoms with van der Waals surface area (Å²) in [5.74, 6) is -1.24. The van der Waals surface area contributed by atoms with Gasteiger partial charge in [-0.05, 0) is 79.1 Å². The van der Waals surface area contributed by atoms with Gasteiger partial charge in [-0.2, -0.15) is 0 Å². The molecular weight excluding hydrogens is 478 g/mol. The smallest absolute Gasteiger partial charge is 0.309 e. The van der Waals surface area contributed by atoms with Crippen LogP contribution >= 0.6 is 0 Å². The van der Waals surface area contributed by atoms with Crippen LogP contribution < -0.4 is 0 Å². The highest BCUT2D eigenvalue weighted by molar-refractivity contribution is 6.03. The lowest BCUT2D eigenvalue weighted by atomic mass is 9.34. The van der Waals surface area contributed by atoms with Crippen molar-refractivity contribution in [3.05, 3.63) is 34.8 Å². The standard InChI is InChI=1S/C31H41NO4.CH2O/c1-26(2)11-13-31(25(35)36)14-12-30(7)23(18(31)16-26)20(33)15-22-28(5)17-19(32-8)24(34)27(3,4)21(28)9-10-29(22,30)6;1-2/h15,17-18,21,23H,9-14,16H2,1-7H3,(H,35,36);1H2/t18-,21-,23-,28-,29+,30+,31-;/m0./s1/i;1D2. The fourth-order valence-corrected chi connectivity index (χ4v) is 9.97. The molecule has 0 saturated heterocycles. The van der Waals surface area contributed by atoms with Crippen molar-refractivity contribution in [2.45, 2.75) is 93.4 Å². The molecule has 6 heteroatoms. The summed E-state index contributed by atoms with van der Waals surface area (Å²) in [5, 5.41) is 10.5. The van der Waals surface area contributed by atoms with Crippen LogP contribution in [0.4, 0.5) is 0 Å². The van der Waals surface area contributed by atoms with Gasteiger partial charge >= 0.3 is 5.97 Å². The maximum Gasteiger partial charge on any atom is 0.309 e. The molecule has 7 atom stereocenters. The molecule has 0 unspecified atom stereocenters. The minimum Gasteiger partial charge on any atom is -0.481 e. The Labute approximate surface area is 230 Å². The maximum absolute atomic E-state index is 14.2. The molecule has 0 radical (unpaired) electrons. The van der Waals surface area contributed by atoms with E-state index < -0.39 is 29.0 Å². The highest BCUT2D eigenvalue weighted by atomic mass is 16.4. The summed E-state index contributed by atoms with van der Waals surface area (Å²) in [6, 6.07) is 0. The molecule has 3 fully saturated rings. The Morgan fingerprint density at radius 1 is 1.08 bits per heavy atom. The summed E-state index contributed by atoms with van der Waals surface area (Å²) in [6.45, 7) is 21.4. The van der Waals surface area contributed by atoms with E-state index in [2.05, 4.69) is 39.5 Å². The van der Waals surface area contributed by atoms with Crippen molar-refractivity contribution in [3.63, 3.8) is 0 Å². The van der Waals surface area contributed by atoms with Crippen molar-refractivity contribution >= 4 is 24.3 Å². The van der Waals surface area contributed by atoms with Gasteiger partial charge < -0.3 is 14.7 Å². The second kappa shape index (κ2) is 8.47. The van der Waals surface area contributed by atoms with E-state index in [-0.39, 0.29) is 51.3 Å². The molecule has 6 nitrogen and oxygen atoms in total. The Morgan fingerprint density at radius 2 is 1.68 bits per heavy atom. The fourth-order valence-electron chi connectivity index (χ4n) is 9.97. The van der Waals surface area contributed by atoms with Gasteiger partial charge in [-0.25, -0.2) is 4.85 Å². The van der Waals surface area contributed by atoms with Crippen molar-refractivity contribution in [1.29, 1.82) is 0 Å². The van der Waals surface area contributed by atoms with Gasteiger partial charge in [0.1, 0.15) is 9.48 Å². The van der Waals surface area contributed by atoms with Crippen LogP contribution in [-0.2, 0) is 19.2 Å². The predicted octanol–water partition coefficient (Wildman–Crippen LogP) is 6.46. The number of carbonyl (C=O) groups excluding carboxylic acids is 3. The molecule has 0 aromatic carbocycles. The molecule has 0 aliphatic heterocycles. The highest BCUT2D eigenvalue weighted by Gasteiger charge is 2.70. The van der Waals surface area contributed by atoms with Crippen molar-refractivity contribution in [1.82, 2.24) is 0 Å². The normalized spacial score (nSPS) is 44.9. The molecule has 38 heavy (non-hydrogen) atoms. The molecule has 0 aromatic rings. The third-order valence-electron chi connectivity index (χ3n) is 12.3. The van der Waals surface area contributed by atoms with Crippen LogP contribution in [0, 0.1) is 56.8 Å². The monoisotopic (exact) mass is 523 g/mol. The number of rotatable bonds is 1. The van der Waals surface area contributed by atoms with Gasteiger partial charge in [-0.15, -0.1) is 0 Å². The third-order valence-corrected chi connectivity index (χ3v) is 12.3. The van der Waals surface area contributed by atoms with Crippen LogP contribution in [0.5, 0.6) is 0 Å². The van der Waals surface area contributed by atoms with E-state index in [9.17, 15) is 19.5 Å². The number of fused-ring (bicyclic) bond motifs is 7. The van der Waals surface area contributed by atoms with E-state index >= 15 is 0 Å². The number of hydrogen-bond donors (Lipinski definition) is 1. The first-order valence-electron chi connectivity index (χ1n) is 14.9. The van der Waals surface area contributed by atoms with Crippen LogP contribution in [0.25, 0.3) is 4.85 Å². The molecular formula is C32H43NO5. The number of carboxylic acid groups (broad SMARTS) is 1. The second-order valence-corrected chi connectivity index (χ2v) is 14.7. The summed E-state index contributed by atoms with van der Waals surface area (Å²) in [6.07, 6.45) is 9.03. The van der Waals surface area contributed by atoms with Crippen molar-refractivity contribution < 1.29 is 27.0 Å². The molecule has 5 aliphatic carbocycles. The van der Waals surface area contributed by atoms with Gasteiger partial charge in [0.2, 0.25) is 5.70 Å². The van der Waals surface area contributed by atoms with E-state index in [0.717, 1.165) is 31.3 Å². The SMILES string of the molecule is [2H]C([2H])=O.[C-]#[N+]C1=C[C@]2(C)C3=CC(=O)[C@@H]4[C@@H]5CC(C)(C)CC[C@]5(C(=O)O)CC[C@@]4(C)[C@]3(C)CC[C@H]2C(C)(C)C1=O. The number of nitrogens with zero attached hydrogens (tertiary/aromatic N) is 1. The van der Waals surface area contributed by atoms with Crippen LogP contribution in [0.15, 0.2) is 23.4 Å². The van der Waals surface area contributed by atoms with E-state index in [4.69, 9.17) is 14.1 Å². The zero-order valence-corrected chi connectivity index (χ0v) is 23.9. The number of aliphatic carboxylic acids is 1. The Hall–Kier alpha value is -2.55. The van der Waals surface area contributed by atoms with Gasteiger partial charge in [-0.3, -0.25) is 9.59 Å². The zero-order valence-electron chi connectivity index (χ0n) is 25.9. The molecule has 206 valence electrons. The Balaban J connectivity index is 0.000000867. The minimum atomic E-state index is -1.33. The molecule has 1 N–H and O–H groups in total. The van der Waals surface area contributed by atoms with E-state index in [1.807, 2.05) is 26.0 Å². The number of ketones is 2. The van der Waals surface area contributed by atoms with Crippen LogP contribution in [0.3, 0.4) is 0 Å². The molecule has 0 bridgehead atoms. The number of carboxylic acids is 1. The van der Waals surface area contributed by atoms with Gasteiger partial charge in [-0.1, -0.05) is 60.1 Å². The molecule has 0 aromatic heterocycles. The molecule has 0 spiro atoms. The predicted molar refractivity (Wildman–Crippen MR) is 145 cm³/mol. The van der Waals surface area contributed by atoms with Crippen LogP contribution in [-0.4, -0.2) is 29.4 Å².